The van der Waals surface area contributed by atoms with E-state index in [1.807, 2.05) is 0 Å². The maximum Gasteiger partial charge on any atom is 0.472 e. The number of aliphatic hydroxyl groups is 1. The summed E-state index contributed by atoms with van der Waals surface area (Å²) in [4.78, 5) is 72.8. The molecule has 0 aromatic rings. The topological polar surface area (TPSA) is 237 Å². The summed E-state index contributed by atoms with van der Waals surface area (Å²) in [6.07, 6.45) is 57.6. The largest absolute Gasteiger partial charge is 0.472 e. The summed E-state index contributed by atoms with van der Waals surface area (Å²) in [5.41, 5.74) is 0. The monoisotopic (exact) mass is 1390 g/mol. The molecule has 0 saturated carbocycles. The van der Waals surface area contributed by atoms with Gasteiger partial charge in [-0.3, -0.25) is 37.3 Å². The molecule has 0 amide bonds. The number of hydrogen-bond acceptors (Lipinski definition) is 15. The number of hydrogen-bond donors (Lipinski definition) is 3. The molecule has 0 fully saturated rings. The fourth-order valence-corrected chi connectivity index (χ4v) is 12.7. The van der Waals surface area contributed by atoms with E-state index in [-0.39, 0.29) is 25.7 Å². The van der Waals surface area contributed by atoms with Crippen LogP contribution in [0.1, 0.15) is 369 Å². The summed E-state index contributed by atoms with van der Waals surface area (Å²) in [5, 5.41) is 10.6. The number of carbonyl (C=O) groups excluding carboxylic acids is 4. The summed E-state index contributed by atoms with van der Waals surface area (Å²) in [6.45, 7) is 9.50. The summed E-state index contributed by atoms with van der Waals surface area (Å²) in [7, 11) is -9.92. The fraction of sp³-hybridized carbons (Fsp3) is 0.895. The predicted octanol–water partition coefficient (Wildman–Crippen LogP) is 21.9. The van der Waals surface area contributed by atoms with Crippen LogP contribution in [0.15, 0.2) is 24.3 Å². The highest BCUT2D eigenvalue weighted by Crippen LogP contribution is 2.45. The van der Waals surface area contributed by atoms with Gasteiger partial charge < -0.3 is 33.8 Å². The lowest BCUT2D eigenvalue weighted by Gasteiger charge is -2.21. The molecule has 3 N–H and O–H groups in total. The zero-order valence-electron chi connectivity index (χ0n) is 61.5. The quantitative estimate of drug-likeness (QED) is 0.0169. The Hall–Kier alpha value is -2.46. The normalized spacial score (nSPS) is 14.2. The van der Waals surface area contributed by atoms with Crippen LogP contribution in [-0.4, -0.2) is 96.7 Å². The molecule has 0 radical (unpaired) electrons. The van der Waals surface area contributed by atoms with Crippen molar-refractivity contribution in [2.75, 3.05) is 39.6 Å². The summed E-state index contributed by atoms with van der Waals surface area (Å²) >= 11 is 0. The van der Waals surface area contributed by atoms with Crippen LogP contribution in [0.5, 0.6) is 0 Å². The number of rotatable bonds is 73. The number of phosphoric ester groups is 2. The molecule has 0 aliphatic heterocycles. The van der Waals surface area contributed by atoms with Crippen molar-refractivity contribution in [2.45, 2.75) is 387 Å². The number of unbranched alkanes of at least 4 members (excludes halogenated alkanes) is 40. The Morgan fingerprint density at radius 1 is 0.326 bits per heavy atom. The van der Waals surface area contributed by atoms with E-state index in [9.17, 15) is 43.2 Å². The van der Waals surface area contributed by atoms with Crippen LogP contribution in [-0.2, 0) is 65.4 Å². The van der Waals surface area contributed by atoms with Gasteiger partial charge in [-0.05, 0) is 63.2 Å². The van der Waals surface area contributed by atoms with E-state index in [1.165, 1.54) is 173 Å². The maximum absolute atomic E-state index is 13.1. The molecule has 0 saturated heterocycles. The van der Waals surface area contributed by atoms with E-state index < -0.39 is 97.5 Å². The number of allylic oxidation sites excluding steroid dienone is 4. The molecule has 0 aromatic carbocycles. The van der Waals surface area contributed by atoms with Gasteiger partial charge in [-0.2, -0.15) is 0 Å². The van der Waals surface area contributed by atoms with Crippen molar-refractivity contribution in [3.8, 4) is 0 Å². The molecule has 2 unspecified atom stereocenters. The van der Waals surface area contributed by atoms with Gasteiger partial charge in [0.2, 0.25) is 0 Å². The predicted molar refractivity (Wildman–Crippen MR) is 386 cm³/mol. The molecule has 0 rings (SSSR count). The lowest BCUT2D eigenvalue weighted by atomic mass is 10.0. The molecule has 0 aromatic heterocycles. The average Bonchev–Trinajstić information content (AvgIpc) is 1.18. The van der Waals surface area contributed by atoms with Gasteiger partial charge in [0.15, 0.2) is 12.2 Å². The molecule has 95 heavy (non-hydrogen) atoms. The molecule has 0 heterocycles. The summed E-state index contributed by atoms with van der Waals surface area (Å²) < 4.78 is 68.5. The zero-order valence-corrected chi connectivity index (χ0v) is 63.2. The van der Waals surface area contributed by atoms with Gasteiger partial charge in [0, 0.05) is 25.7 Å². The van der Waals surface area contributed by atoms with Crippen LogP contribution >= 0.6 is 15.6 Å². The number of esters is 4. The first-order valence-corrected chi connectivity index (χ1v) is 41.8. The lowest BCUT2D eigenvalue weighted by molar-refractivity contribution is -0.161. The third-order valence-electron chi connectivity index (χ3n) is 17.1. The van der Waals surface area contributed by atoms with Crippen LogP contribution < -0.4 is 0 Å². The minimum Gasteiger partial charge on any atom is -0.462 e. The van der Waals surface area contributed by atoms with Gasteiger partial charge in [0.1, 0.15) is 19.3 Å². The highest BCUT2D eigenvalue weighted by atomic mass is 31.2. The Morgan fingerprint density at radius 3 is 0.863 bits per heavy atom. The first kappa shape index (κ1) is 92.5. The van der Waals surface area contributed by atoms with Gasteiger partial charge >= 0.3 is 39.5 Å². The van der Waals surface area contributed by atoms with E-state index in [4.69, 9.17) is 37.0 Å². The van der Waals surface area contributed by atoms with Crippen LogP contribution in [0.4, 0.5) is 0 Å². The molecular weight excluding hydrogens is 1250 g/mol. The fourth-order valence-electron chi connectivity index (χ4n) is 11.1. The Balaban J connectivity index is 5.30. The maximum atomic E-state index is 13.1. The van der Waals surface area contributed by atoms with Gasteiger partial charge in [-0.15, -0.1) is 0 Å². The first-order chi connectivity index (χ1) is 45.9. The standard InChI is InChI=1S/C76H144O17P2/c1-7-9-11-13-15-17-19-21-23-25-27-34-40-46-52-58-73(78)86-64-71(92-75(80)60-54-48-42-35-28-26-24-22-20-18-16-14-12-10-8-2)66-90-94(82,83)88-62-70(77)63-89-95(84,85)91-67-72(65-87-74(79)59-53-47-41-37-31-33-39-45-51-57-69(5)6)93-76(81)61-55-49-43-36-30-29-32-38-44-50-56-68(3)4/h18,20,22,24,68-72,77H,7-17,19,21,23,25-67H2,1-6H3,(H,82,83)(H,84,85)/b20-18-,24-22-/t70-,71-,72-/m1/s1. The van der Waals surface area contributed by atoms with Gasteiger partial charge in [-0.25, -0.2) is 9.13 Å². The lowest BCUT2D eigenvalue weighted by Crippen LogP contribution is -2.30. The third kappa shape index (κ3) is 69.8. The van der Waals surface area contributed by atoms with Crippen molar-refractivity contribution in [2.24, 2.45) is 11.8 Å². The Kier molecular flexibility index (Phi) is 65.6. The first-order valence-electron chi connectivity index (χ1n) is 38.8. The molecule has 560 valence electrons. The zero-order chi connectivity index (χ0) is 70.0. The molecular formula is C76H144O17P2. The van der Waals surface area contributed by atoms with E-state index >= 15 is 0 Å². The highest BCUT2D eigenvalue weighted by Gasteiger charge is 2.30. The highest BCUT2D eigenvalue weighted by molar-refractivity contribution is 7.47. The van der Waals surface area contributed by atoms with Crippen LogP contribution in [0, 0.1) is 11.8 Å². The number of ether oxygens (including phenoxy) is 4. The molecule has 5 atom stereocenters. The summed E-state index contributed by atoms with van der Waals surface area (Å²) in [6, 6.07) is 0. The minimum atomic E-state index is -4.97. The molecule has 0 spiro atoms. The van der Waals surface area contributed by atoms with Gasteiger partial charge in [0.05, 0.1) is 26.4 Å². The third-order valence-corrected chi connectivity index (χ3v) is 19.0. The summed E-state index contributed by atoms with van der Waals surface area (Å²) in [5.74, 6) is -0.653. The average molecular weight is 1390 g/mol. The van der Waals surface area contributed by atoms with Crippen molar-refractivity contribution in [1.29, 1.82) is 0 Å². The molecule has 19 heteroatoms. The number of phosphoric acid groups is 2. The van der Waals surface area contributed by atoms with Crippen molar-refractivity contribution >= 4 is 39.5 Å². The molecule has 0 aliphatic rings. The Bertz CT molecular complexity index is 1930. The second kappa shape index (κ2) is 67.4. The van der Waals surface area contributed by atoms with Crippen molar-refractivity contribution in [3.63, 3.8) is 0 Å². The SMILES string of the molecule is CCCCCC/C=C\C=C/CCCCCCCC(=O)O[C@H](COC(=O)CCCCCCCCCCCCCCCCC)COP(=O)(O)OC[C@@H](O)COP(=O)(O)OC[C@@H](COC(=O)CCCCCCCCCCCC(C)C)OC(=O)CCCCCCCCCCCCC(C)C. The molecule has 0 aliphatic carbocycles. The van der Waals surface area contributed by atoms with E-state index in [0.717, 1.165) is 115 Å². The Labute approximate surface area is 580 Å². The van der Waals surface area contributed by atoms with Gasteiger partial charge in [-0.1, -0.05) is 316 Å². The smallest absolute Gasteiger partial charge is 0.462 e. The van der Waals surface area contributed by atoms with Crippen molar-refractivity contribution in [1.82, 2.24) is 0 Å². The van der Waals surface area contributed by atoms with E-state index in [0.29, 0.717) is 25.7 Å². The number of carbonyl (C=O) groups is 4. The second-order valence-electron chi connectivity index (χ2n) is 27.7. The van der Waals surface area contributed by atoms with E-state index in [1.54, 1.807) is 0 Å². The Morgan fingerprint density at radius 2 is 0.568 bits per heavy atom. The van der Waals surface area contributed by atoms with E-state index in [2.05, 4.69) is 65.8 Å². The van der Waals surface area contributed by atoms with Crippen molar-refractivity contribution in [3.05, 3.63) is 24.3 Å². The second-order valence-corrected chi connectivity index (χ2v) is 30.6. The van der Waals surface area contributed by atoms with Gasteiger partial charge in [0.25, 0.3) is 0 Å². The number of aliphatic hydroxyl groups excluding tert-OH is 1. The van der Waals surface area contributed by atoms with Crippen molar-refractivity contribution < 1.29 is 80.2 Å². The minimum absolute atomic E-state index is 0.0854. The van der Waals surface area contributed by atoms with Crippen LogP contribution in [0.3, 0.4) is 0 Å². The molecule has 0 bridgehead atoms. The molecule has 17 nitrogen and oxygen atoms in total. The van der Waals surface area contributed by atoms with Crippen LogP contribution in [0.2, 0.25) is 0 Å². The van der Waals surface area contributed by atoms with Crippen LogP contribution in [0.25, 0.3) is 0 Å².